The molecule has 0 radical (unpaired) electrons. The Hall–Kier alpha value is -1.02. The lowest BCUT2D eigenvalue weighted by Gasteiger charge is -2.23. The van der Waals surface area contributed by atoms with Crippen LogP contribution in [0, 0.1) is 0 Å². The summed E-state index contributed by atoms with van der Waals surface area (Å²) < 4.78 is 5.83. The number of benzene rings is 1. The highest BCUT2D eigenvalue weighted by atomic mass is 16.5. The molecule has 0 amide bonds. The molecule has 1 N–H and O–H groups in total. The molecule has 0 aromatic heterocycles. The average Bonchev–Trinajstić information content (AvgIpc) is 2.90. The molecule has 2 nitrogen and oxygen atoms in total. The highest BCUT2D eigenvalue weighted by molar-refractivity contribution is 5.31. The third-order valence-corrected chi connectivity index (χ3v) is 4.13. The molecule has 0 spiro atoms. The Morgan fingerprint density at radius 3 is 2.56 bits per heavy atom. The molecule has 1 aliphatic rings. The van der Waals surface area contributed by atoms with Crippen LogP contribution in [0.4, 0.5) is 0 Å². The van der Waals surface area contributed by atoms with Gasteiger partial charge in [0, 0.05) is 6.04 Å². The maximum Gasteiger partial charge on any atom is 0.119 e. The van der Waals surface area contributed by atoms with Crippen LogP contribution in [0.15, 0.2) is 24.3 Å². The normalized spacial score (nSPS) is 20.1. The van der Waals surface area contributed by atoms with E-state index in [0.717, 1.165) is 25.3 Å². The lowest BCUT2D eigenvalue weighted by molar-refractivity contribution is 0.277. The minimum atomic E-state index is 0.255. The summed E-state index contributed by atoms with van der Waals surface area (Å²) >= 11 is 0. The van der Waals surface area contributed by atoms with Gasteiger partial charge in [-0.15, -0.1) is 0 Å². The van der Waals surface area contributed by atoms with Crippen LogP contribution < -0.4 is 10.1 Å². The average molecular weight is 247 g/mol. The minimum absolute atomic E-state index is 0.255. The van der Waals surface area contributed by atoms with Crippen molar-refractivity contribution in [3.05, 3.63) is 29.8 Å². The third-order valence-electron chi connectivity index (χ3n) is 4.13. The molecule has 2 rings (SSSR count). The Morgan fingerprint density at radius 1 is 1.28 bits per heavy atom. The predicted octanol–water partition coefficient (Wildman–Crippen LogP) is 3.51. The van der Waals surface area contributed by atoms with Gasteiger partial charge in [-0.05, 0) is 48.9 Å². The molecule has 1 aromatic carbocycles. The van der Waals surface area contributed by atoms with Gasteiger partial charge in [-0.2, -0.15) is 0 Å². The molecule has 1 fully saturated rings. The summed E-state index contributed by atoms with van der Waals surface area (Å²) in [6.45, 7) is 8.72. The molecular weight excluding hydrogens is 222 g/mol. The fraction of sp³-hybridized carbons (Fsp3) is 0.625. The first-order valence-corrected chi connectivity index (χ1v) is 7.08. The zero-order valence-electron chi connectivity index (χ0n) is 11.8. The Bertz CT molecular complexity index is 363. The lowest BCUT2D eigenvalue weighted by atomic mass is 9.82. The van der Waals surface area contributed by atoms with E-state index in [-0.39, 0.29) is 5.41 Å². The predicted molar refractivity (Wildman–Crippen MR) is 76.3 cm³/mol. The SMILES string of the molecule is CCC(C)(C)c1ccc(OC[C@@H]2CCCN2)cc1. The molecule has 18 heavy (non-hydrogen) atoms. The molecule has 1 heterocycles. The van der Waals surface area contributed by atoms with Gasteiger partial charge >= 0.3 is 0 Å². The molecule has 100 valence electrons. The van der Waals surface area contributed by atoms with Crippen LogP contribution in [0.1, 0.15) is 45.6 Å². The number of nitrogens with one attached hydrogen (secondary N) is 1. The van der Waals surface area contributed by atoms with Crippen molar-refractivity contribution >= 4 is 0 Å². The molecule has 0 unspecified atom stereocenters. The van der Waals surface area contributed by atoms with Crippen LogP contribution >= 0.6 is 0 Å². The molecule has 1 saturated heterocycles. The van der Waals surface area contributed by atoms with Crippen LogP contribution in [-0.4, -0.2) is 19.2 Å². The Morgan fingerprint density at radius 2 is 2.00 bits per heavy atom. The maximum atomic E-state index is 5.83. The molecule has 0 bridgehead atoms. The van der Waals surface area contributed by atoms with E-state index in [1.54, 1.807) is 0 Å². The highest BCUT2D eigenvalue weighted by Crippen LogP contribution is 2.28. The van der Waals surface area contributed by atoms with Crippen LogP contribution in [0.25, 0.3) is 0 Å². The fourth-order valence-electron chi connectivity index (χ4n) is 2.30. The van der Waals surface area contributed by atoms with Crippen molar-refractivity contribution in [1.82, 2.24) is 5.32 Å². The van der Waals surface area contributed by atoms with E-state index in [1.165, 1.54) is 18.4 Å². The number of ether oxygens (including phenoxy) is 1. The molecule has 1 aliphatic heterocycles. The van der Waals surface area contributed by atoms with Crippen molar-refractivity contribution in [3.63, 3.8) is 0 Å². The summed E-state index contributed by atoms with van der Waals surface area (Å²) in [5.41, 5.74) is 1.64. The van der Waals surface area contributed by atoms with Gasteiger partial charge in [0.2, 0.25) is 0 Å². The first kappa shape index (κ1) is 13.4. The van der Waals surface area contributed by atoms with Gasteiger partial charge in [0.15, 0.2) is 0 Å². The van der Waals surface area contributed by atoms with Gasteiger partial charge in [0.05, 0.1) is 0 Å². The van der Waals surface area contributed by atoms with Crippen LogP contribution in [0.5, 0.6) is 5.75 Å². The highest BCUT2D eigenvalue weighted by Gasteiger charge is 2.18. The summed E-state index contributed by atoms with van der Waals surface area (Å²) in [7, 11) is 0. The van der Waals surface area contributed by atoms with Crippen molar-refractivity contribution in [1.29, 1.82) is 0 Å². The molecule has 1 aromatic rings. The Balaban J connectivity index is 1.91. The van der Waals surface area contributed by atoms with Crippen molar-refractivity contribution < 1.29 is 4.74 Å². The Kier molecular flexibility index (Phi) is 4.28. The van der Waals surface area contributed by atoms with Crippen molar-refractivity contribution in [2.45, 2.75) is 51.5 Å². The van der Waals surface area contributed by atoms with Gasteiger partial charge in [-0.1, -0.05) is 32.9 Å². The van der Waals surface area contributed by atoms with Crippen LogP contribution in [-0.2, 0) is 5.41 Å². The summed E-state index contributed by atoms with van der Waals surface area (Å²) in [4.78, 5) is 0. The van der Waals surface area contributed by atoms with Gasteiger partial charge in [-0.25, -0.2) is 0 Å². The van der Waals surface area contributed by atoms with E-state index >= 15 is 0 Å². The summed E-state index contributed by atoms with van der Waals surface area (Å²) in [6.07, 6.45) is 3.66. The zero-order chi connectivity index (χ0) is 13.0. The van der Waals surface area contributed by atoms with E-state index in [0.29, 0.717) is 6.04 Å². The van der Waals surface area contributed by atoms with Crippen molar-refractivity contribution in [2.24, 2.45) is 0 Å². The Labute approximate surface area is 111 Å². The quantitative estimate of drug-likeness (QED) is 0.859. The van der Waals surface area contributed by atoms with Gasteiger partial charge < -0.3 is 10.1 Å². The molecular formula is C16H25NO. The van der Waals surface area contributed by atoms with E-state index in [4.69, 9.17) is 4.74 Å². The largest absolute Gasteiger partial charge is 0.492 e. The summed E-state index contributed by atoms with van der Waals surface area (Å²) in [5.74, 6) is 0.986. The van der Waals surface area contributed by atoms with E-state index in [1.807, 2.05) is 0 Å². The molecule has 1 atom stereocenters. The first-order chi connectivity index (χ1) is 8.62. The van der Waals surface area contributed by atoms with Gasteiger partial charge in [-0.3, -0.25) is 0 Å². The second-order valence-electron chi connectivity index (χ2n) is 5.87. The molecule has 0 aliphatic carbocycles. The first-order valence-electron chi connectivity index (χ1n) is 7.08. The molecule has 2 heteroatoms. The summed E-state index contributed by atoms with van der Waals surface area (Å²) in [5, 5.41) is 3.45. The second-order valence-corrected chi connectivity index (χ2v) is 5.87. The number of hydrogen-bond acceptors (Lipinski definition) is 2. The lowest BCUT2D eigenvalue weighted by Crippen LogP contribution is -2.28. The molecule has 0 saturated carbocycles. The number of hydrogen-bond donors (Lipinski definition) is 1. The second kappa shape index (κ2) is 5.75. The summed E-state index contributed by atoms with van der Waals surface area (Å²) in [6, 6.07) is 9.13. The van der Waals surface area contributed by atoms with Crippen molar-refractivity contribution in [2.75, 3.05) is 13.2 Å². The van der Waals surface area contributed by atoms with Crippen LogP contribution in [0.3, 0.4) is 0 Å². The zero-order valence-corrected chi connectivity index (χ0v) is 11.8. The smallest absolute Gasteiger partial charge is 0.119 e. The van der Waals surface area contributed by atoms with E-state index < -0.39 is 0 Å². The van der Waals surface area contributed by atoms with Crippen molar-refractivity contribution in [3.8, 4) is 5.75 Å². The van der Waals surface area contributed by atoms with E-state index in [9.17, 15) is 0 Å². The van der Waals surface area contributed by atoms with Gasteiger partial charge in [0.1, 0.15) is 12.4 Å². The van der Waals surface area contributed by atoms with Gasteiger partial charge in [0.25, 0.3) is 0 Å². The fourth-order valence-corrected chi connectivity index (χ4v) is 2.30. The minimum Gasteiger partial charge on any atom is -0.492 e. The van der Waals surface area contributed by atoms with E-state index in [2.05, 4.69) is 50.4 Å². The monoisotopic (exact) mass is 247 g/mol. The maximum absolute atomic E-state index is 5.83. The third kappa shape index (κ3) is 3.26. The topological polar surface area (TPSA) is 21.3 Å². The standard InChI is InChI=1S/C16H25NO/c1-4-16(2,3)13-7-9-15(10-8-13)18-12-14-6-5-11-17-14/h7-10,14,17H,4-6,11-12H2,1-3H3/t14-/m0/s1. The van der Waals surface area contributed by atoms with Crippen LogP contribution in [0.2, 0.25) is 0 Å². The number of rotatable bonds is 5.